The summed E-state index contributed by atoms with van der Waals surface area (Å²) in [5.41, 5.74) is 2.06. The molecule has 0 radical (unpaired) electrons. The van der Waals surface area contributed by atoms with Gasteiger partial charge in [-0.05, 0) is 54.6 Å². The van der Waals surface area contributed by atoms with Gasteiger partial charge in [0.1, 0.15) is 16.3 Å². The Morgan fingerprint density at radius 2 is 1.58 bits per heavy atom. The van der Waals surface area contributed by atoms with Gasteiger partial charge in [-0.2, -0.15) is 0 Å². The SMILES string of the molecule is COc1ccc(N2CCN(C(=O)c3cc4cc5cc(OC)ccc5nc4s3)CC2)cc1. The molecular weight excluding hydrogens is 410 g/mol. The van der Waals surface area contributed by atoms with E-state index in [9.17, 15) is 4.79 Å². The first-order chi connectivity index (χ1) is 15.1. The molecule has 1 aliphatic heterocycles. The highest BCUT2D eigenvalue weighted by atomic mass is 32.1. The van der Waals surface area contributed by atoms with Crippen LogP contribution in [0.25, 0.3) is 21.1 Å². The lowest BCUT2D eigenvalue weighted by Gasteiger charge is -2.36. The van der Waals surface area contributed by atoms with Crippen molar-refractivity contribution in [2.24, 2.45) is 0 Å². The molecular formula is C24H23N3O3S. The van der Waals surface area contributed by atoms with Gasteiger partial charge in [0.2, 0.25) is 0 Å². The molecule has 1 amide bonds. The minimum absolute atomic E-state index is 0.0824. The van der Waals surface area contributed by atoms with Crippen LogP contribution in [0.1, 0.15) is 9.67 Å². The van der Waals surface area contributed by atoms with Crippen LogP contribution in [-0.4, -0.2) is 56.2 Å². The number of benzene rings is 2. The van der Waals surface area contributed by atoms with Gasteiger partial charge in [0, 0.05) is 42.6 Å². The van der Waals surface area contributed by atoms with Gasteiger partial charge >= 0.3 is 0 Å². The highest BCUT2D eigenvalue weighted by Crippen LogP contribution is 2.30. The van der Waals surface area contributed by atoms with Gasteiger partial charge in [0.15, 0.2) is 0 Å². The molecule has 3 heterocycles. The summed E-state index contributed by atoms with van der Waals surface area (Å²) in [5.74, 6) is 1.73. The fraction of sp³-hybridized carbons (Fsp3) is 0.250. The Balaban J connectivity index is 1.32. The molecule has 1 aliphatic rings. The standard InChI is InChI=1S/C24H23N3O3S/c1-29-19-5-3-18(4-6-19)26-9-11-27(12-10-26)24(28)22-15-17-13-16-14-20(30-2)7-8-21(16)25-23(17)31-22/h3-8,13-15H,9-12H2,1-2H3. The Morgan fingerprint density at radius 1 is 0.871 bits per heavy atom. The fourth-order valence-corrected chi connectivity index (χ4v) is 4.95. The average Bonchev–Trinajstić information content (AvgIpc) is 3.24. The molecule has 1 fully saturated rings. The van der Waals surface area contributed by atoms with E-state index in [1.807, 2.05) is 41.3 Å². The number of rotatable bonds is 4. The molecule has 0 N–H and O–H groups in total. The zero-order chi connectivity index (χ0) is 21.4. The molecule has 2 aromatic carbocycles. The summed E-state index contributed by atoms with van der Waals surface area (Å²) >= 11 is 1.46. The number of carbonyl (C=O) groups excluding carboxylic acids is 1. The number of thiophene rings is 1. The second-order valence-electron chi connectivity index (χ2n) is 7.53. The summed E-state index contributed by atoms with van der Waals surface area (Å²) < 4.78 is 10.5. The van der Waals surface area contributed by atoms with E-state index in [1.165, 1.54) is 11.3 Å². The third-order valence-corrected chi connectivity index (χ3v) is 6.76. The fourth-order valence-electron chi connectivity index (χ4n) is 3.96. The number of aromatic nitrogens is 1. The van der Waals surface area contributed by atoms with Gasteiger partial charge in [-0.15, -0.1) is 11.3 Å². The number of ether oxygens (including phenoxy) is 2. The first-order valence-corrected chi connectivity index (χ1v) is 11.0. The number of anilines is 1. The number of amides is 1. The quantitative estimate of drug-likeness (QED) is 0.477. The van der Waals surface area contributed by atoms with Crippen LogP contribution in [0.2, 0.25) is 0 Å². The summed E-state index contributed by atoms with van der Waals surface area (Å²) in [4.78, 5) is 23.7. The lowest BCUT2D eigenvalue weighted by atomic mass is 10.2. The number of methoxy groups -OCH3 is 2. The van der Waals surface area contributed by atoms with Crippen LogP contribution < -0.4 is 14.4 Å². The van der Waals surface area contributed by atoms with Gasteiger partial charge < -0.3 is 19.3 Å². The zero-order valence-electron chi connectivity index (χ0n) is 17.5. The van der Waals surface area contributed by atoms with Crippen molar-refractivity contribution in [3.63, 3.8) is 0 Å². The Bertz CT molecular complexity index is 1240. The second kappa shape index (κ2) is 8.07. The van der Waals surface area contributed by atoms with Crippen LogP contribution in [0.15, 0.2) is 54.6 Å². The van der Waals surface area contributed by atoms with Gasteiger partial charge in [-0.25, -0.2) is 4.98 Å². The third kappa shape index (κ3) is 3.77. The van der Waals surface area contributed by atoms with Crippen molar-refractivity contribution in [2.45, 2.75) is 0 Å². The highest BCUT2D eigenvalue weighted by Gasteiger charge is 2.24. The van der Waals surface area contributed by atoms with Crippen molar-refractivity contribution < 1.29 is 14.3 Å². The molecule has 6 nitrogen and oxygen atoms in total. The zero-order valence-corrected chi connectivity index (χ0v) is 18.3. The van der Waals surface area contributed by atoms with E-state index in [0.717, 1.165) is 56.3 Å². The summed E-state index contributed by atoms with van der Waals surface area (Å²) in [6.45, 7) is 3.02. The van der Waals surface area contributed by atoms with E-state index < -0.39 is 0 Å². The molecule has 5 rings (SSSR count). The smallest absolute Gasteiger partial charge is 0.264 e. The van der Waals surface area contributed by atoms with Gasteiger partial charge in [-0.3, -0.25) is 4.79 Å². The van der Waals surface area contributed by atoms with Crippen LogP contribution in [0, 0.1) is 0 Å². The number of carbonyl (C=O) groups is 1. The molecule has 4 aromatic rings. The van der Waals surface area contributed by atoms with Crippen molar-refractivity contribution in [1.29, 1.82) is 0 Å². The molecule has 0 spiro atoms. The normalized spacial score (nSPS) is 14.3. The predicted molar refractivity (Wildman–Crippen MR) is 125 cm³/mol. The van der Waals surface area contributed by atoms with Crippen LogP contribution >= 0.6 is 11.3 Å². The van der Waals surface area contributed by atoms with E-state index in [2.05, 4.69) is 23.1 Å². The Morgan fingerprint density at radius 3 is 2.29 bits per heavy atom. The topological polar surface area (TPSA) is 54.9 Å². The number of piperazine rings is 1. The molecule has 1 saturated heterocycles. The maximum Gasteiger partial charge on any atom is 0.264 e. The van der Waals surface area contributed by atoms with Crippen LogP contribution in [-0.2, 0) is 0 Å². The number of nitrogens with zero attached hydrogens (tertiary/aromatic N) is 3. The molecule has 0 unspecified atom stereocenters. The Labute approximate surface area is 184 Å². The second-order valence-corrected chi connectivity index (χ2v) is 8.56. The first-order valence-electron chi connectivity index (χ1n) is 10.2. The lowest BCUT2D eigenvalue weighted by Crippen LogP contribution is -2.48. The minimum atomic E-state index is 0.0824. The number of hydrogen-bond donors (Lipinski definition) is 0. The largest absolute Gasteiger partial charge is 0.497 e. The maximum atomic E-state index is 13.1. The van der Waals surface area contributed by atoms with Crippen LogP contribution in [0.5, 0.6) is 11.5 Å². The summed E-state index contributed by atoms with van der Waals surface area (Å²) in [6, 6.07) is 17.9. The predicted octanol–water partition coefficient (Wildman–Crippen LogP) is 4.43. The third-order valence-electron chi connectivity index (χ3n) is 5.72. The molecule has 31 heavy (non-hydrogen) atoms. The maximum absolute atomic E-state index is 13.1. The van der Waals surface area contributed by atoms with Gasteiger partial charge in [-0.1, -0.05) is 0 Å². The Kier molecular flexibility index (Phi) is 5.11. The molecule has 0 atom stereocenters. The highest BCUT2D eigenvalue weighted by molar-refractivity contribution is 7.20. The van der Waals surface area contributed by atoms with Crippen molar-refractivity contribution >= 4 is 44.1 Å². The molecule has 0 aliphatic carbocycles. The monoisotopic (exact) mass is 433 g/mol. The molecule has 158 valence electrons. The number of pyridine rings is 1. The molecule has 2 aromatic heterocycles. The molecule has 0 bridgehead atoms. The van der Waals surface area contributed by atoms with E-state index in [0.29, 0.717) is 13.1 Å². The van der Waals surface area contributed by atoms with Crippen molar-refractivity contribution in [3.05, 3.63) is 59.5 Å². The number of hydrogen-bond acceptors (Lipinski definition) is 6. The minimum Gasteiger partial charge on any atom is -0.497 e. The van der Waals surface area contributed by atoms with E-state index in [4.69, 9.17) is 14.5 Å². The molecule has 7 heteroatoms. The first kappa shape index (κ1) is 19.6. The van der Waals surface area contributed by atoms with E-state index in [1.54, 1.807) is 14.2 Å². The Hall–Kier alpha value is -3.32. The van der Waals surface area contributed by atoms with Crippen molar-refractivity contribution in [1.82, 2.24) is 9.88 Å². The summed E-state index contributed by atoms with van der Waals surface area (Å²) in [7, 11) is 3.32. The van der Waals surface area contributed by atoms with Crippen molar-refractivity contribution in [3.8, 4) is 11.5 Å². The molecule has 0 saturated carbocycles. The van der Waals surface area contributed by atoms with Crippen LogP contribution in [0.3, 0.4) is 0 Å². The average molecular weight is 434 g/mol. The van der Waals surface area contributed by atoms with Crippen molar-refractivity contribution in [2.75, 3.05) is 45.3 Å². The van der Waals surface area contributed by atoms with E-state index in [-0.39, 0.29) is 5.91 Å². The number of fused-ring (bicyclic) bond motifs is 2. The summed E-state index contributed by atoms with van der Waals surface area (Å²) in [5, 5.41) is 2.00. The summed E-state index contributed by atoms with van der Waals surface area (Å²) in [6.07, 6.45) is 0. The van der Waals surface area contributed by atoms with Crippen LogP contribution in [0.4, 0.5) is 5.69 Å². The van der Waals surface area contributed by atoms with E-state index >= 15 is 0 Å². The lowest BCUT2D eigenvalue weighted by molar-refractivity contribution is 0.0751. The van der Waals surface area contributed by atoms with Gasteiger partial charge in [0.05, 0.1) is 24.6 Å². The van der Waals surface area contributed by atoms with Gasteiger partial charge in [0.25, 0.3) is 5.91 Å².